The molecule has 6 nitrogen and oxygen atoms in total. The quantitative estimate of drug-likeness (QED) is 0.857. The van der Waals surface area contributed by atoms with Gasteiger partial charge in [0.05, 0.1) is 10.0 Å². The molecule has 0 radical (unpaired) electrons. The zero-order chi connectivity index (χ0) is 18.1. The first-order valence-electron chi connectivity index (χ1n) is 8.68. The molecule has 2 bridgehead atoms. The predicted molar refractivity (Wildman–Crippen MR) is 97.8 cm³/mol. The summed E-state index contributed by atoms with van der Waals surface area (Å²) in [4.78, 5) is 14.6. The van der Waals surface area contributed by atoms with Crippen LogP contribution in [0.5, 0.6) is 5.75 Å². The monoisotopic (exact) mass is 395 g/mol. The van der Waals surface area contributed by atoms with Gasteiger partial charge in [-0.2, -0.15) is 0 Å². The molecule has 1 N–H and O–H groups in total. The van der Waals surface area contributed by atoms with Crippen LogP contribution in [0.1, 0.15) is 35.5 Å². The van der Waals surface area contributed by atoms with Crippen LogP contribution >= 0.6 is 23.2 Å². The Morgan fingerprint density at radius 2 is 2.04 bits per heavy atom. The van der Waals surface area contributed by atoms with Crippen molar-refractivity contribution in [2.75, 3.05) is 13.1 Å². The number of benzene rings is 1. The minimum Gasteiger partial charge on any atom is -0.482 e. The number of para-hydroxylation sites is 1. The van der Waals surface area contributed by atoms with E-state index in [-0.39, 0.29) is 12.5 Å². The second-order valence-corrected chi connectivity index (χ2v) is 7.51. The topological polar surface area (TPSA) is 67.6 Å². The van der Waals surface area contributed by atoms with E-state index in [0.717, 1.165) is 19.4 Å². The minimum absolute atomic E-state index is 0.0932. The van der Waals surface area contributed by atoms with E-state index in [1.165, 1.54) is 6.42 Å². The zero-order valence-electron chi connectivity index (χ0n) is 14.1. The second kappa shape index (κ2) is 7.47. The van der Waals surface area contributed by atoms with E-state index >= 15 is 0 Å². The van der Waals surface area contributed by atoms with Crippen molar-refractivity contribution in [1.82, 2.24) is 15.4 Å². The Bertz CT molecular complexity index is 790. The number of halogens is 2. The Labute approximate surface area is 161 Å². The van der Waals surface area contributed by atoms with Crippen molar-refractivity contribution in [2.24, 2.45) is 0 Å². The minimum atomic E-state index is -0.106. The molecular formula is C18H19Cl2N3O3. The molecule has 2 aromatic rings. The molecule has 2 atom stereocenters. The van der Waals surface area contributed by atoms with Crippen LogP contribution in [-0.4, -0.2) is 41.1 Å². The highest BCUT2D eigenvalue weighted by Gasteiger charge is 2.32. The summed E-state index contributed by atoms with van der Waals surface area (Å²) in [5.74, 6) is 0.721. The predicted octanol–water partition coefficient (Wildman–Crippen LogP) is 3.53. The molecule has 2 fully saturated rings. The fourth-order valence-corrected chi connectivity index (χ4v) is 4.04. The first kappa shape index (κ1) is 17.6. The van der Waals surface area contributed by atoms with Gasteiger partial charge in [-0.15, -0.1) is 0 Å². The molecule has 4 rings (SSSR count). The Morgan fingerprint density at radius 1 is 1.27 bits per heavy atom. The summed E-state index contributed by atoms with van der Waals surface area (Å²) in [7, 11) is 0. The van der Waals surface area contributed by atoms with Gasteiger partial charge < -0.3 is 19.5 Å². The lowest BCUT2D eigenvalue weighted by molar-refractivity contribution is 0.0737. The molecule has 2 aliphatic rings. The van der Waals surface area contributed by atoms with Crippen LogP contribution in [-0.2, 0) is 6.61 Å². The summed E-state index contributed by atoms with van der Waals surface area (Å²) in [5, 5.41) is 8.30. The van der Waals surface area contributed by atoms with Gasteiger partial charge in [-0.05, 0) is 31.4 Å². The van der Waals surface area contributed by atoms with Crippen LogP contribution in [0, 0.1) is 0 Å². The number of carbonyl (C=O) groups is 1. The van der Waals surface area contributed by atoms with Crippen molar-refractivity contribution in [3.05, 3.63) is 45.8 Å². The van der Waals surface area contributed by atoms with Crippen molar-refractivity contribution in [3.8, 4) is 5.75 Å². The highest BCUT2D eigenvalue weighted by Crippen LogP contribution is 2.33. The van der Waals surface area contributed by atoms with Gasteiger partial charge in [0.15, 0.2) is 17.2 Å². The summed E-state index contributed by atoms with van der Waals surface area (Å²) in [6.45, 7) is 1.54. The Balaban J connectivity index is 1.40. The zero-order valence-corrected chi connectivity index (χ0v) is 15.6. The van der Waals surface area contributed by atoms with Crippen LogP contribution in [0.25, 0.3) is 0 Å². The van der Waals surface area contributed by atoms with Crippen molar-refractivity contribution >= 4 is 29.1 Å². The molecule has 3 heterocycles. The van der Waals surface area contributed by atoms with Crippen LogP contribution in [0.15, 0.2) is 28.8 Å². The third-order valence-corrected chi connectivity index (χ3v) is 5.46. The van der Waals surface area contributed by atoms with E-state index in [1.807, 2.05) is 4.90 Å². The lowest BCUT2D eigenvalue weighted by Crippen LogP contribution is -2.39. The van der Waals surface area contributed by atoms with Crippen LogP contribution in [0.2, 0.25) is 10.0 Å². The average Bonchev–Trinajstić information content (AvgIpc) is 3.20. The molecule has 0 saturated carbocycles. The maximum atomic E-state index is 12.7. The van der Waals surface area contributed by atoms with E-state index in [0.29, 0.717) is 45.9 Å². The fourth-order valence-electron chi connectivity index (χ4n) is 3.53. The van der Waals surface area contributed by atoms with Crippen molar-refractivity contribution in [3.63, 3.8) is 0 Å². The lowest BCUT2D eigenvalue weighted by Gasteiger charge is -2.23. The number of hydrogen-bond acceptors (Lipinski definition) is 5. The van der Waals surface area contributed by atoms with Crippen molar-refractivity contribution < 1.29 is 14.1 Å². The van der Waals surface area contributed by atoms with Gasteiger partial charge in [0.1, 0.15) is 6.61 Å². The van der Waals surface area contributed by atoms with Gasteiger partial charge in [-0.1, -0.05) is 34.4 Å². The fraction of sp³-hybridized carbons (Fsp3) is 0.444. The molecule has 138 valence electrons. The van der Waals surface area contributed by atoms with E-state index in [9.17, 15) is 4.79 Å². The highest BCUT2D eigenvalue weighted by molar-refractivity contribution is 6.37. The summed E-state index contributed by atoms with van der Waals surface area (Å²) >= 11 is 12.2. The third kappa shape index (κ3) is 3.68. The Morgan fingerprint density at radius 3 is 2.85 bits per heavy atom. The van der Waals surface area contributed by atoms with E-state index in [1.54, 1.807) is 24.3 Å². The summed E-state index contributed by atoms with van der Waals surface area (Å²) in [5.41, 5.74) is 0.298. The summed E-state index contributed by atoms with van der Waals surface area (Å²) in [6, 6.07) is 7.65. The largest absolute Gasteiger partial charge is 0.482 e. The molecule has 2 saturated heterocycles. The molecule has 0 spiro atoms. The Kier molecular flexibility index (Phi) is 5.07. The molecule has 1 aromatic heterocycles. The number of nitrogens with one attached hydrogen (secondary N) is 1. The number of rotatable bonds is 4. The molecule has 2 unspecified atom stereocenters. The standard InChI is InChI=1S/C18H19Cl2N3O3/c19-14-2-1-3-15(20)17(14)25-10-13-8-16(22-26-13)18(24)23-7-6-11-4-5-12(9-23)21-11/h1-3,8,11-12,21H,4-7,9-10H2. The van der Waals surface area contributed by atoms with Crippen molar-refractivity contribution in [1.29, 1.82) is 0 Å². The number of nitrogens with zero attached hydrogens (tertiary/aromatic N) is 2. The van der Waals surface area contributed by atoms with E-state index in [4.69, 9.17) is 32.5 Å². The molecule has 1 amide bonds. The maximum absolute atomic E-state index is 12.7. The van der Waals surface area contributed by atoms with E-state index in [2.05, 4.69) is 10.5 Å². The molecule has 1 aromatic carbocycles. The van der Waals surface area contributed by atoms with Crippen LogP contribution in [0.3, 0.4) is 0 Å². The van der Waals surface area contributed by atoms with Gasteiger partial charge in [-0.3, -0.25) is 4.79 Å². The number of ether oxygens (including phenoxy) is 1. The second-order valence-electron chi connectivity index (χ2n) is 6.70. The molecular weight excluding hydrogens is 377 g/mol. The third-order valence-electron chi connectivity index (χ3n) is 4.87. The highest BCUT2D eigenvalue weighted by atomic mass is 35.5. The number of aromatic nitrogens is 1. The smallest absolute Gasteiger partial charge is 0.276 e. The van der Waals surface area contributed by atoms with Gasteiger partial charge in [-0.25, -0.2) is 0 Å². The van der Waals surface area contributed by atoms with Gasteiger partial charge >= 0.3 is 0 Å². The first-order valence-corrected chi connectivity index (χ1v) is 9.43. The first-order chi connectivity index (χ1) is 12.6. The number of carbonyl (C=O) groups excluding carboxylic acids is 1. The van der Waals surface area contributed by atoms with Crippen LogP contribution in [0.4, 0.5) is 0 Å². The number of amides is 1. The number of hydrogen-bond donors (Lipinski definition) is 1. The Hall–Kier alpha value is -1.76. The average molecular weight is 396 g/mol. The van der Waals surface area contributed by atoms with Gasteiger partial charge in [0, 0.05) is 31.2 Å². The lowest BCUT2D eigenvalue weighted by atomic mass is 10.1. The molecule has 8 heteroatoms. The summed E-state index contributed by atoms with van der Waals surface area (Å²) in [6.07, 6.45) is 3.29. The normalized spacial score (nSPS) is 22.3. The molecule has 0 aliphatic carbocycles. The van der Waals surface area contributed by atoms with E-state index < -0.39 is 0 Å². The SMILES string of the molecule is O=C(c1cc(COc2c(Cl)cccc2Cl)on1)N1CCC2CCC(C1)N2. The van der Waals surface area contributed by atoms with Gasteiger partial charge in [0.25, 0.3) is 5.91 Å². The number of likely N-dealkylation sites (tertiary alicyclic amines) is 1. The maximum Gasteiger partial charge on any atom is 0.276 e. The summed E-state index contributed by atoms with van der Waals surface area (Å²) < 4.78 is 10.9. The van der Waals surface area contributed by atoms with Gasteiger partial charge in [0.2, 0.25) is 0 Å². The van der Waals surface area contributed by atoms with Crippen molar-refractivity contribution in [2.45, 2.75) is 38.0 Å². The molecule has 26 heavy (non-hydrogen) atoms. The molecule has 2 aliphatic heterocycles. The van der Waals surface area contributed by atoms with Crippen LogP contribution < -0.4 is 10.1 Å². The number of fused-ring (bicyclic) bond motifs is 2.